The van der Waals surface area contributed by atoms with Crippen LogP contribution >= 0.6 is 0 Å². The van der Waals surface area contributed by atoms with Crippen LogP contribution in [0.3, 0.4) is 0 Å². The van der Waals surface area contributed by atoms with Crippen LogP contribution in [0.4, 0.5) is 0 Å². The summed E-state index contributed by atoms with van der Waals surface area (Å²) >= 11 is 0. The van der Waals surface area contributed by atoms with Crippen molar-refractivity contribution in [1.82, 2.24) is 0 Å². The molecule has 0 aliphatic rings. The molecule has 1 atom stereocenters. The molecular formula is C20H41O. The van der Waals surface area contributed by atoms with Gasteiger partial charge >= 0.3 is 0 Å². The molecule has 0 fully saturated rings. The molecule has 1 heteroatoms. The van der Waals surface area contributed by atoms with Gasteiger partial charge in [0.15, 0.2) is 0 Å². The Morgan fingerprint density at radius 3 is 1.43 bits per heavy atom. The fourth-order valence-electron chi connectivity index (χ4n) is 2.96. The molecule has 0 aromatic rings. The second-order valence-corrected chi connectivity index (χ2v) is 6.46. The van der Waals surface area contributed by atoms with E-state index in [2.05, 4.69) is 20.8 Å². The van der Waals surface area contributed by atoms with Crippen LogP contribution in [0.1, 0.15) is 110 Å². The molecule has 0 aliphatic heterocycles. The first-order chi connectivity index (χ1) is 10.3. The highest BCUT2D eigenvalue weighted by atomic mass is 16.5. The predicted octanol–water partition coefficient (Wildman–Crippen LogP) is 7.10. The van der Waals surface area contributed by atoms with Crippen LogP contribution in [-0.4, -0.2) is 12.7 Å². The van der Waals surface area contributed by atoms with Gasteiger partial charge in [-0.15, -0.1) is 0 Å². The minimum atomic E-state index is 0.476. The van der Waals surface area contributed by atoms with E-state index in [1.165, 1.54) is 96.3 Å². The van der Waals surface area contributed by atoms with E-state index in [1.807, 2.05) is 0 Å². The molecule has 1 unspecified atom stereocenters. The summed E-state index contributed by atoms with van der Waals surface area (Å²) in [6.45, 7) is 9.03. The number of hydrogen-bond acceptors (Lipinski definition) is 1. The Bertz CT molecular complexity index is 179. The quantitative estimate of drug-likeness (QED) is 0.260. The lowest BCUT2D eigenvalue weighted by Gasteiger charge is -2.16. The smallest absolute Gasteiger partial charge is 0.0575 e. The molecule has 0 aromatic carbocycles. The molecule has 0 bridgehead atoms. The van der Waals surface area contributed by atoms with Gasteiger partial charge in [-0.05, 0) is 19.8 Å². The van der Waals surface area contributed by atoms with Crippen LogP contribution < -0.4 is 0 Å². The summed E-state index contributed by atoms with van der Waals surface area (Å²) < 4.78 is 5.78. The Balaban J connectivity index is 3.38. The van der Waals surface area contributed by atoms with E-state index in [1.54, 1.807) is 0 Å². The van der Waals surface area contributed by atoms with Crippen molar-refractivity contribution >= 4 is 0 Å². The highest BCUT2D eigenvalue weighted by Crippen LogP contribution is 2.16. The molecule has 0 amide bonds. The zero-order chi connectivity index (χ0) is 15.6. The SMILES string of the molecule is [CH2]COC(CCCCCC)CCCCCCCCCCC. The zero-order valence-corrected chi connectivity index (χ0v) is 15.0. The summed E-state index contributed by atoms with van der Waals surface area (Å²) in [4.78, 5) is 0. The fraction of sp³-hybridized carbons (Fsp3) is 0.950. The van der Waals surface area contributed by atoms with Crippen molar-refractivity contribution in [3.05, 3.63) is 6.92 Å². The van der Waals surface area contributed by atoms with Crippen LogP contribution in [0.15, 0.2) is 0 Å². The first-order valence-electron chi connectivity index (χ1n) is 9.76. The molecule has 0 saturated heterocycles. The third-order valence-corrected chi connectivity index (χ3v) is 4.36. The van der Waals surface area contributed by atoms with E-state index < -0.39 is 0 Å². The van der Waals surface area contributed by atoms with E-state index in [9.17, 15) is 0 Å². The lowest BCUT2D eigenvalue weighted by atomic mass is 10.0. The van der Waals surface area contributed by atoms with Gasteiger partial charge in [-0.3, -0.25) is 0 Å². The molecule has 0 saturated carbocycles. The van der Waals surface area contributed by atoms with Crippen molar-refractivity contribution in [2.24, 2.45) is 0 Å². The van der Waals surface area contributed by atoms with Crippen LogP contribution in [0.25, 0.3) is 0 Å². The summed E-state index contributed by atoms with van der Waals surface area (Å²) in [5.41, 5.74) is 0. The zero-order valence-electron chi connectivity index (χ0n) is 15.0. The van der Waals surface area contributed by atoms with Gasteiger partial charge in [0.1, 0.15) is 0 Å². The average Bonchev–Trinajstić information content (AvgIpc) is 2.49. The average molecular weight is 298 g/mol. The van der Waals surface area contributed by atoms with Gasteiger partial charge in [-0.25, -0.2) is 0 Å². The van der Waals surface area contributed by atoms with Crippen molar-refractivity contribution in [2.45, 2.75) is 116 Å². The minimum Gasteiger partial charge on any atom is -0.378 e. The van der Waals surface area contributed by atoms with E-state index in [0.29, 0.717) is 12.7 Å². The van der Waals surface area contributed by atoms with Gasteiger partial charge in [-0.1, -0.05) is 97.3 Å². The van der Waals surface area contributed by atoms with Crippen LogP contribution in [-0.2, 0) is 4.74 Å². The van der Waals surface area contributed by atoms with Gasteiger partial charge in [-0.2, -0.15) is 0 Å². The maximum Gasteiger partial charge on any atom is 0.0575 e. The summed E-state index contributed by atoms with van der Waals surface area (Å²) in [5, 5.41) is 0. The van der Waals surface area contributed by atoms with Gasteiger partial charge < -0.3 is 4.74 Å². The van der Waals surface area contributed by atoms with Crippen LogP contribution in [0, 0.1) is 6.92 Å². The summed E-state index contributed by atoms with van der Waals surface area (Å²) in [6, 6.07) is 0. The van der Waals surface area contributed by atoms with Crippen molar-refractivity contribution in [3.63, 3.8) is 0 Å². The molecule has 1 radical (unpaired) electrons. The van der Waals surface area contributed by atoms with Crippen molar-refractivity contribution in [3.8, 4) is 0 Å². The Hall–Kier alpha value is -0.0400. The molecule has 0 heterocycles. The Kier molecular flexibility index (Phi) is 18.0. The highest BCUT2D eigenvalue weighted by Gasteiger charge is 2.07. The van der Waals surface area contributed by atoms with Crippen molar-refractivity contribution in [1.29, 1.82) is 0 Å². The number of hydrogen-bond donors (Lipinski definition) is 0. The van der Waals surface area contributed by atoms with Crippen LogP contribution in [0.2, 0.25) is 0 Å². The van der Waals surface area contributed by atoms with E-state index in [0.717, 1.165) is 0 Å². The van der Waals surface area contributed by atoms with Gasteiger partial charge in [0, 0.05) is 6.61 Å². The van der Waals surface area contributed by atoms with Crippen molar-refractivity contribution in [2.75, 3.05) is 6.61 Å². The normalized spacial score (nSPS) is 12.7. The third kappa shape index (κ3) is 16.2. The largest absolute Gasteiger partial charge is 0.378 e. The second kappa shape index (κ2) is 18.0. The molecule has 21 heavy (non-hydrogen) atoms. The topological polar surface area (TPSA) is 9.23 Å². The first-order valence-corrected chi connectivity index (χ1v) is 9.76. The molecule has 1 nitrogen and oxygen atoms in total. The van der Waals surface area contributed by atoms with Gasteiger partial charge in [0.2, 0.25) is 0 Å². The molecule has 0 rings (SSSR count). The van der Waals surface area contributed by atoms with E-state index in [-0.39, 0.29) is 0 Å². The molecule has 0 spiro atoms. The van der Waals surface area contributed by atoms with E-state index >= 15 is 0 Å². The number of unbranched alkanes of at least 4 members (excludes halogenated alkanes) is 11. The second-order valence-electron chi connectivity index (χ2n) is 6.46. The maximum absolute atomic E-state index is 5.78. The summed E-state index contributed by atoms with van der Waals surface area (Å²) in [5.74, 6) is 0. The first kappa shape index (κ1) is 21.0. The lowest BCUT2D eigenvalue weighted by molar-refractivity contribution is 0.0563. The summed E-state index contributed by atoms with van der Waals surface area (Å²) in [6.07, 6.45) is 21.0. The minimum absolute atomic E-state index is 0.476. The maximum atomic E-state index is 5.78. The molecular weight excluding hydrogens is 256 g/mol. The fourth-order valence-corrected chi connectivity index (χ4v) is 2.96. The lowest BCUT2D eigenvalue weighted by Crippen LogP contribution is -2.13. The molecule has 0 N–H and O–H groups in total. The van der Waals surface area contributed by atoms with E-state index in [4.69, 9.17) is 4.74 Å². The summed E-state index contributed by atoms with van der Waals surface area (Å²) in [7, 11) is 0. The van der Waals surface area contributed by atoms with Crippen LogP contribution in [0.5, 0.6) is 0 Å². The van der Waals surface area contributed by atoms with Gasteiger partial charge in [0.05, 0.1) is 6.10 Å². The number of rotatable bonds is 17. The highest BCUT2D eigenvalue weighted by molar-refractivity contribution is 4.60. The molecule has 0 aromatic heterocycles. The molecule has 0 aliphatic carbocycles. The monoisotopic (exact) mass is 297 g/mol. The Morgan fingerprint density at radius 2 is 1.00 bits per heavy atom. The van der Waals surface area contributed by atoms with Crippen molar-refractivity contribution < 1.29 is 4.74 Å². The Labute approximate surface area is 135 Å². The number of ether oxygens (including phenoxy) is 1. The van der Waals surface area contributed by atoms with Gasteiger partial charge in [0.25, 0.3) is 0 Å². The third-order valence-electron chi connectivity index (χ3n) is 4.36. The predicted molar refractivity (Wildman–Crippen MR) is 95.7 cm³/mol. The standard InChI is InChI=1S/C20H41O/c1-4-7-9-11-12-13-14-15-17-19-20(21-6-3)18-16-10-8-5-2/h20H,3-19H2,1-2H3. The molecule has 127 valence electrons. The Morgan fingerprint density at radius 1 is 0.619 bits per heavy atom.